The van der Waals surface area contributed by atoms with Gasteiger partial charge in [0.2, 0.25) is 0 Å². The summed E-state index contributed by atoms with van der Waals surface area (Å²) >= 11 is 0. The molecule has 1 heteroatoms. The summed E-state index contributed by atoms with van der Waals surface area (Å²) < 4.78 is 0. The second kappa shape index (κ2) is 8.31. The fourth-order valence-electron chi connectivity index (χ4n) is 9.67. The van der Waals surface area contributed by atoms with E-state index in [4.69, 9.17) is 0 Å². The number of rotatable bonds is 6. The molecule has 0 amide bonds. The van der Waals surface area contributed by atoms with Crippen LogP contribution < -0.4 is 0 Å². The van der Waals surface area contributed by atoms with Gasteiger partial charge in [0, 0.05) is 5.92 Å². The summed E-state index contributed by atoms with van der Waals surface area (Å²) in [6, 6.07) is 0. The molecule has 0 saturated heterocycles. The first-order valence-electron chi connectivity index (χ1n) is 13.3. The number of hydrogen-bond donors (Lipinski definition) is 0. The average molecular weight is 401 g/mol. The van der Waals surface area contributed by atoms with Crippen molar-refractivity contribution in [2.75, 3.05) is 0 Å². The number of fused-ring (bicyclic) bond motifs is 5. The maximum absolute atomic E-state index is 11.8. The quantitative estimate of drug-likeness (QED) is 0.414. The Hall–Kier alpha value is -0.330. The third-order valence-corrected chi connectivity index (χ3v) is 11.1. The van der Waals surface area contributed by atoms with E-state index < -0.39 is 0 Å². The van der Waals surface area contributed by atoms with E-state index in [1.165, 1.54) is 76.9 Å². The monoisotopic (exact) mass is 400 g/mol. The zero-order chi connectivity index (χ0) is 20.8. The molecule has 0 aromatic carbocycles. The second-order valence-corrected chi connectivity index (χ2v) is 12.8. The van der Waals surface area contributed by atoms with Gasteiger partial charge in [0.05, 0.1) is 0 Å². The maximum atomic E-state index is 11.8. The van der Waals surface area contributed by atoms with Crippen molar-refractivity contribution in [3.05, 3.63) is 0 Å². The Labute approximate surface area is 181 Å². The van der Waals surface area contributed by atoms with Crippen LogP contribution in [0, 0.1) is 58.2 Å². The molecule has 4 saturated carbocycles. The molecule has 0 radical (unpaired) electrons. The predicted molar refractivity (Wildman–Crippen MR) is 123 cm³/mol. The highest BCUT2D eigenvalue weighted by molar-refractivity contribution is 5.54. The van der Waals surface area contributed by atoms with Crippen LogP contribution in [0.1, 0.15) is 112 Å². The molecule has 166 valence electrons. The zero-order valence-corrected chi connectivity index (χ0v) is 20.1. The minimum absolute atomic E-state index is 0.361. The highest BCUT2D eigenvalue weighted by Crippen LogP contribution is 2.68. The molecule has 1 nitrogen and oxygen atoms in total. The van der Waals surface area contributed by atoms with Crippen LogP contribution in [0.3, 0.4) is 0 Å². The Morgan fingerprint density at radius 1 is 0.828 bits per heavy atom. The molecule has 9 atom stereocenters. The molecule has 29 heavy (non-hydrogen) atoms. The molecule has 0 bridgehead atoms. The van der Waals surface area contributed by atoms with E-state index in [0.717, 1.165) is 41.9 Å². The van der Waals surface area contributed by atoms with Crippen LogP contribution in [0.5, 0.6) is 0 Å². The third-order valence-electron chi connectivity index (χ3n) is 11.1. The van der Waals surface area contributed by atoms with Gasteiger partial charge in [-0.1, -0.05) is 60.3 Å². The highest BCUT2D eigenvalue weighted by atomic mass is 16.1. The van der Waals surface area contributed by atoms with E-state index in [-0.39, 0.29) is 0 Å². The summed E-state index contributed by atoms with van der Waals surface area (Å²) in [5.41, 5.74) is 1.05. The fraction of sp³-hybridized carbons (Fsp3) is 0.964. The summed E-state index contributed by atoms with van der Waals surface area (Å²) in [6.07, 6.45) is 18.1. The van der Waals surface area contributed by atoms with E-state index in [2.05, 4.69) is 34.6 Å². The zero-order valence-electron chi connectivity index (χ0n) is 20.1. The molecule has 0 unspecified atom stereocenters. The SMILES string of the molecule is CC(C)CCC[C@@H](C)[C@H]1CC[C@H]2[C@@H]3CC[C@H]4[C@H](C=O)CCC[C@]4(C)[C@H]3CC[C@]12C. The summed E-state index contributed by atoms with van der Waals surface area (Å²) in [4.78, 5) is 11.8. The molecular formula is C28H48O. The molecule has 0 spiro atoms. The number of hydrogen-bond acceptors (Lipinski definition) is 1. The van der Waals surface area contributed by atoms with Gasteiger partial charge in [0.25, 0.3) is 0 Å². The first-order chi connectivity index (χ1) is 13.8. The van der Waals surface area contributed by atoms with Crippen molar-refractivity contribution in [3.63, 3.8) is 0 Å². The van der Waals surface area contributed by atoms with Gasteiger partial charge in [-0.15, -0.1) is 0 Å². The molecule has 0 aliphatic heterocycles. The molecule has 4 rings (SSSR count). The van der Waals surface area contributed by atoms with Gasteiger partial charge in [-0.3, -0.25) is 0 Å². The minimum Gasteiger partial charge on any atom is -0.303 e. The number of aldehydes is 1. The van der Waals surface area contributed by atoms with Crippen molar-refractivity contribution < 1.29 is 4.79 Å². The lowest BCUT2D eigenvalue weighted by molar-refractivity contribution is -0.140. The van der Waals surface area contributed by atoms with Gasteiger partial charge in [0.15, 0.2) is 0 Å². The van der Waals surface area contributed by atoms with Crippen molar-refractivity contribution in [1.29, 1.82) is 0 Å². The standard InChI is InChI=1S/C28H48O/c1-19(2)8-6-9-20(3)23-13-14-25-22-11-12-24-21(18-29)10-7-16-27(24,4)26(22)15-17-28(23,25)5/h18-26H,6-17H2,1-5H3/t20-,21+,22+,23-,24+,25+,26+,27+,28-/m1/s1. The average Bonchev–Trinajstić information content (AvgIpc) is 3.03. The summed E-state index contributed by atoms with van der Waals surface area (Å²) in [6.45, 7) is 12.6. The molecule has 4 aliphatic rings. The maximum Gasteiger partial charge on any atom is 0.123 e. The molecule has 0 aromatic heterocycles. The fourth-order valence-corrected chi connectivity index (χ4v) is 9.67. The van der Waals surface area contributed by atoms with Crippen molar-refractivity contribution in [2.24, 2.45) is 58.2 Å². The molecule has 4 aliphatic carbocycles. The second-order valence-electron chi connectivity index (χ2n) is 12.8. The molecular weight excluding hydrogens is 352 g/mol. The lowest BCUT2D eigenvalue weighted by atomic mass is 9.43. The number of carbonyl (C=O) groups is 1. The first kappa shape index (κ1) is 21.9. The van der Waals surface area contributed by atoms with Crippen molar-refractivity contribution in [2.45, 2.75) is 112 Å². The van der Waals surface area contributed by atoms with Crippen LogP contribution >= 0.6 is 0 Å². The lowest BCUT2D eigenvalue weighted by Crippen LogP contribution is -2.54. The van der Waals surface area contributed by atoms with Gasteiger partial charge >= 0.3 is 0 Å². The molecule has 0 heterocycles. The summed E-state index contributed by atoms with van der Waals surface area (Å²) in [7, 11) is 0. The lowest BCUT2D eigenvalue weighted by Gasteiger charge is -2.61. The van der Waals surface area contributed by atoms with E-state index in [1.807, 2.05) is 0 Å². The smallest absolute Gasteiger partial charge is 0.123 e. The van der Waals surface area contributed by atoms with Gasteiger partial charge < -0.3 is 4.79 Å². The van der Waals surface area contributed by atoms with E-state index in [0.29, 0.717) is 22.7 Å². The van der Waals surface area contributed by atoms with Crippen molar-refractivity contribution in [1.82, 2.24) is 0 Å². The van der Waals surface area contributed by atoms with E-state index in [9.17, 15) is 4.79 Å². The topological polar surface area (TPSA) is 17.1 Å². The Bertz CT molecular complexity index is 581. The third kappa shape index (κ3) is 3.65. The normalized spacial score (nSPS) is 47.9. The largest absolute Gasteiger partial charge is 0.303 e. The van der Waals surface area contributed by atoms with Gasteiger partial charge in [-0.2, -0.15) is 0 Å². The van der Waals surface area contributed by atoms with E-state index in [1.54, 1.807) is 0 Å². The minimum atomic E-state index is 0.361. The molecule has 4 fully saturated rings. The van der Waals surface area contributed by atoms with Crippen LogP contribution in [0.15, 0.2) is 0 Å². The van der Waals surface area contributed by atoms with Crippen LogP contribution in [0.2, 0.25) is 0 Å². The molecule has 0 N–H and O–H groups in total. The Kier molecular flexibility index (Phi) is 6.27. The highest BCUT2D eigenvalue weighted by Gasteiger charge is 2.61. The van der Waals surface area contributed by atoms with Gasteiger partial charge in [-0.25, -0.2) is 0 Å². The van der Waals surface area contributed by atoms with E-state index >= 15 is 0 Å². The Morgan fingerprint density at radius 2 is 1.55 bits per heavy atom. The van der Waals surface area contributed by atoms with Crippen LogP contribution in [-0.2, 0) is 4.79 Å². The van der Waals surface area contributed by atoms with Gasteiger partial charge in [0.1, 0.15) is 6.29 Å². The van der Waals surface area contributed by atoms with Crippen LogP contribution in [0.4, 0.5) is 0 Å². The van der Waals surface area contributed by atoms with Crippen molar-refractivity contribution >= 4 is 6.29 Å². The summed E-state index contributed by atoms with van der Waals surface area (Å²) in [5.74, 6) is 6.58. The van der Waals surface area contributed by atoms with Crippen LogP contribution in [0.25, 0.3) is 0 Å². The first-order valence-corrected chi connectivity index (χ1v) is 13.3. The Balaban J connectivity index is 1.48. The van der Waals surface area contributed by atoms with Gasteiger partial charge in [-0.05, 0) is 104 Å². The predicted octanol–water partition coefficient (Wildman–Crippen LogP) is 7.92. The molecule has 0 aromatic rings. The Morgan fingerprint density at radius 3 is 2.28 bits per heavy atom. The van der Waals surface area contributed by atoms with Crippen LogP contribution in [-0.4, -0.2) is 6.29 Å². The number of carbonyl (C=O) groups excluding carboxylic acids is 1. The van der Waals surface area contributed by atoms with Crippen molar-refractivity contribution in [3.8, 4) is 0 Å². The summed E-state index contributed by atoms with van der Waals surface area (Å²) in [5, 5.41) is 0.